The van der Waals surface area contributed by atoms with Gasteiger partial charge >= 0.3 is 0 Å². The highest BCUT2D eigenvalue weighted by Gasteiger charge is 2.72. The summed E-state index contributed by atoms with van der Waals surface area (Å²) in [5.74, 6) is -0.0927. The molecule has 2 heterocycles. The van der Waals surface area contributed by atoms with E-state index in [-0.39, 0.29) is 51.5 Å². The summed E-state index contributed by atoms with van der Waals surface area (Å²) < 4.78 is 1.68. The van der Waals surface area contributed by atoms with Crippen LogP contribution in [0.15, 0.2) is 48.7 Å². The van der Waals surface area contributed by atoms with E-state index in [4.69, 9.17) is 0 Å². The van der Waals surface area contributed by atoms with Gasteiger partial charge in [0, 0.05) is 35.5 Å². The Morgan fingerprint density at radius 1 is 1.00 bits per heavy atom. The third-order valence-electron chi connectivity index (χ3n) is 14.8. The van der Waals surface area contributed by atoms with Gasteiger partial charge in [-0.1, -0.05) is 54.0 Å². The molecule has 5 aliphatic rings. The van der Waals surface area contributed by atoms with Crippen molar-refractivity contribution in [2.45, 2.75) is 107 Å². The van der Waals surface area contributed by atoms with Crippen LogP contribution in [0.3, 0.4) is 0 Å². The number of allylic oxidation sites excluding steroid dienone is 2. The Bertz CT molecular complexity index is 1760. The van der Waals surface area contributed by atoms with Gasteiger partial charge in [0.2, 0.25) is 5.91 Å². The summed E-state index contributed by atoms with van der Waals surface area (Å²) in [6, 6.07) is 6.23. The van der Waals surface area contributed by atoms with Gasteiger partial charge in [-0.3, -0.25) is 23.9 Å². The summed E-state index contributed by atoms with van der Waals surface area (Å²) in [5, 5.41) is 10.3. The molecule has 2 aromatic heterocycles. The molecule has 4 saturated carbocycles. The number of hydrogen-bond donors (Lipinski definition) is 0. The summed E-state index contributed by atoms with van der Waals surface area (Å²) in [7, 11) is 0. The lowest BCUT2D eigenvalue weighted by Gasteiger charge is -2.70. The molecule has 2 aromatic rings. The van der Waals surface area contributed by atoms with Crippen LogP contribution in [0.25, 0.3) is 11.3 Å². The molecule has 7 heteroatoms. The van der Waals surface area contributed by atoms with Gasteiger partial charge in [0.15, 0.2) is 11.6 Å². The number of nitrogens with zero attached hydrogens (tertiary/aromatic N) is 4. The summed E-state index contributed by atoms with van der Waals surface area (Å²) >= 11 is 0. The Morgan fingerprint density at radius 2 is 1.72 bits per heavy atom. The van der Waals surface area contributed by atoms with Gasteiger partial charge < -0.3 is 0 Å². The monoisotopic (exact) mass is 634 g/mol. The molecule has 0 radical (unpaired) electrons. The average molecular weight is 635 g/mol. The van der Waals surface area contributed by atoms with Crippen molar-refractivity contribution < 1.29 is 14.4 Å². The number of aromatic nitrogens is 3. The maximum absolute atomic E-state index is 14.9. The number of ketones is 2. The Kier molecular flexibility index (Phi) is 6.73. The van der Waals surface area contributed by atoms with E-state index in [1.807, 2.05) is 38.3 Å². The van der Waals surface area contributed by atoms with Gasteiger partial charge in [-0.15, -0.1) is 0 Å². The zero-order valence-corrected chi connectivity index (χ0v) is 29.4. The van der Waals surface area contributed by atoms with Crippen molar-refractivity contribution in [1.82, 2.24) is 14.5 Å². The first kappa shape index (κ1) is 32.2. The SMILES string of the molecule is CC1(C)CCC2(C(=O)n3cnc(-c4cccnc4)c3)CCC3(C)C(C(=O)C=C4C5(C)CC(C)(C#N)C(=O)C(C)(C)C5CCC43C)C2C1. The summed E-state index contributed by atoms with van der Waals surface area (Å²) in [4.78, 5) is 52.3. The third-order valence-corrected chi connectivity index (χ3v) is 14.8. The number of nitriles is 1. The quantitative estimate of drug-likeness (QED) is 0.329. The highest BCUT2D eigenvalue weighted by Crippen LogP contribution is 2.76. The zero-order valence-electron chi connectivity index (χ0n) is 29.4. The molecule has 0 saturated heterocycles. The first-order valence-corrected chi connectivity index (χ1v) is 17.6. The van der Waals surface area contributed by atoms with Crippen molar-refractivity contribution in [3.05, 3.63) is 48.7 Å². The van der Waals surface area contributed by atoms with Crippen LogP contribution in [0.5, 0.6) is 0 Å². The van der Waals surface area contributed by atoms with E-state index in [9.17, 15) is 19.6 Å². The van der Waals surface area contributed by atoms with E-state index in [0.717, 1.165) is 56.1 Å². The van der Waals surface area contributed by atoms with E-state index < -0.39 is 21.7 Å². The van der Waals surface area contributed by atoms with Crippen LogP contribution in [0.2, 0.25) is 0 Å². The fraction of sp³-hybridized carbons (Fsp3) is 0.650. The van der Waals surface area contributed by atoms with Crippen LogP contribution in [0, 0.1) is 67.0 Å². The van der Waals surface area contributed by atoms with Gasteiger partial charge in [0.1, 0.15) is 11.7 Å². The molecule has 0 amide bonds. The minimum absolute atomic E-state index is 0.0136. The van der Waals surface area contributed by atoms with Crippen molar-refractivity contribution in [2.75, 3.05) is 0 Å². The molecule has 8 unspecified atom stereocenters. The van der Waals surface area contributed by atoms with Gasteiger partial charge in [0.05, 0.1) is 17.2 Å². The molecule has 8 atom stereocenters. The van der Waals surface area contributed by atoms with Crippen LogP contribution in [0.4, 0.5) is 0 Å². The lowest BCUT2D eigenvalue weighted by molar-refractivity contribution is -0.174. The number of fused-ring (bicyclic) bond motifs is 7. The summed E-state index contributed by atoms with van der Waals surface area (Å²) in [6.45, 7) is 17.4. The second kappa shape index (κ2) is 9.83. The first-order valence-electron chi connectivity index (χ1n) is 17.6. The van der Waals surface area contributed by atoms with Crippen molar-refractivity contribution in [3.8, 4) is 17.3 Å². The molecule has 0 aliphatic heterocycles. The maximum Gasteiger partial charge on any atom is 0.238 e. The standard InChI is InChI=1S/C40H50N4O3/c1-34(2)13-15-40(33(47)44-21-27(43-24-44)25-10-9-17-42-20-25)16-14-39(8)31(26(40)19-34)28(45)18-30-37(6)22-36(5,23-41)32(46)35(3,4)29(37)11-12-38(30,39)7/h9-10,17-18,20-21,24,26,29,31H,11-16,19,22H2,1-8H3. The van der Waals surface area contributed by atoms with Crippen molar-refractivity contribution in [1.29, 1.82) is 5.26 Å². The van der Waals surface area contributed by atoms with E-state index in [1.54, 1.807) is 30.2 Å². The Labute approximate surface area is 279 Å². The number of carbonyl (C=O) groups is 3. The van der Waals surface area contributed by atoms with Crippen molar-refractivity contribution in [2.24, 2.45) is 55.7 Å². The fourth-order valence-corrected chi connectivity index (χ4v) is 12.3. The van der Waals surface area contributed by atoms with Crippen molar-refractivity contribution >= 4 is 17.5 Å². The highest BCUT2D eigenvalue weighted by atomic mass is 16.2. The molecule has 0 spiro atoms. The van der Waals surface area contributed by atoms with Crippen LogP contribution in [0.1, 0.15) is 112 Å². The van der Waals surface area contributed by atoms with Crippen LogP contribution >= 0.6 is 0 Å². The molecule has 248 valence electrons. The van der Waals surface area contributed by atoms with Gasteiger partial charge in [0.25, 0.3) is 0 Å². The molecule has 47 heavy (non-hydrogen) atoms. The number of hydrogen-bond acceptors (Lipinski definition) is 6. The number of pyridine rings is 1. The van der Waals surface area contributed by atoms with E-state index >= 15 is 0 Å². The molecule has 7 nitrogen and oxygen atoms in total. The maximum atomic E-state index is 14.9. The van der Waals surface area contributed by atoms with E-state index in [2.05, 4.69) is 50.7 Å². The van der Waals surface area contributed by atoms with Crippen LogP contribution in [-0.4, -0.2) is 32.0 Å². The second-order valence-corrected chi connectivity index (χ2v) is 18.2. The predicted octanol–water partition coefficient (Wildman–Crippen LogP) is 8.27. The fourth-order valence-electron chi connectivity index (χ4n) is 12.3. The topological polar surface area (TPSA) is 106 Å². The van der Waals surface area contributed by atoms with Crippen LogP contribution < -0.4 is 0 Å². The molecule has 7 rings (SSSR count). The van der Waals surface area contributed by atoms with Gasteiger partial charge in [-0.05, 0) is 110 Å². The molecule has 0 bridgehead atoms. The average Bonchev–Trinajstić information content (AvgIpc) is 3.51. The normalized spacial score (nSPS) is 41.8. The molecule has 5 aliphatic carbocycles. The largest absolute Gasteiger partial charge is 0.297 e. The molecular formula is C40H50N4O3. The van der Waals surface area contributed by atoms with E-state index in [0.29, 0.717) is 12.1 Å². The minimum atomic E-state index is -1.10. The third kappa shape index (κ3) is 4.12. The minimum Gasteiger partial charge on any atom is -0.297 e. The zero-order chi connectivity index (χ0) is 34.0. The van der Waals surface area contributed by atoms with Crippen LogP contribution in [-0.2, 0) is 9.59 Å². The number of carbonyl (C=O) groups excluding carboxylic acids is 3. The smallest absolute Gasteiger partial charge is 0.238 e. The number of rotatable bonds is 2. The summed E-state index contributed by atoms with van der Waals surface area (Å²) in [6.07, 6.45) is 15.2. The lowest BCUT2D eigenvalue weighted by Crippen LogP contribution is -2.67. The molecule has 0 aromatic carbocycles. The molecular weight excluding hydrogens is 584 g/mol. The van der Waals surface area contributed by atoms with E-state index in [1.165, 1.54) is 0 Å². The van der Waals surface area contributed by atoms with Gasteiger partial charge in [-0.25, -0.2) is 4.98 Å². The molecule has 4 fully saturated rings. The Balaban J connectivity index is 1.33. The highest BCUT2D eigenvalue weighted by molar-refractivity contribution is 5.98. The summed E-state index contributed by atoms with van der Waals surface area (Å²) in [5.41, 5.74) is -0.761. The first-order chi connectivity index (χ1) is 21.9. The number of imidazole rings is 1. The lowest BCUT2D eigenvalue weighted by atomic mass is 9.33. The van der Waals surface area contributed by atoms with Crippen molar-refractivity contribution in [3.63, 3.8) is 0 Å². The predicted molar refractivity (Wildman–Crippen MR) is 180 cm³/mol. The molecule has 0 N–H and O–H groups in total. The Hall–Kier alpha value is -3.40. The number of Topliss-reactive ketones (excluding diaryl/α,β-unsaturated/α-hetero) is 1. The van der Waals surface area contributed by atoms with Gasteiger partial charge in [-0.2, -0.15) is 5.26 Å². The second-order valence-electron chi connectivity index (χ2n) is 18.2. The Morgan fingerprint density at radius 3 is 2.40 bits per heavy atom.